The summed E-state index contributed by atoms with van der Waals surface area (Å²) in [6.07, 6.45) is 2.51. The minimum Gasteiger partial charge on any atom is -0.395 e. The number of aliphatic hydroxyl groups is 2. The molecule has 0 unspecified atom stereocenters. The largest absolute Gasteiger partial charge is 0.395 e. The van der Waals surface area contributed by atoms with Crippen LogP contribution in [0.3, 0.4) is 0 Å². The number of hydrogen-bond acceptors (Lipinski definition) is 3. The first-order valence-electron chi connectivity index (χ1n) is 6.61. The Labute approximate surface area is 109 Å². The molecule has 0 aromatic heterocycles. The van der Waals surface area contributed by atoms with Gasteiger partial charge in [0.05, 0.1) is 13.2 Å². The topological polar surface area (TPSA) is 60.8 Å². The van der Waals surface area contributed by atoms with Gasteiger partial charge in [0.15, 0.2) is 0 Å². The predicted molar refractivity (Wildman–Crippen MR) is 71.1 cm³/mol. The predicted octanol–water partition coefficient (Wildman–Crippen LogP) is 1.33. The third-order valence-electron chi connectivity index (χ3n) is 4.05. The van der Waals surface area contributed by atoms with Crippen molar-refractivity contribution < 1.29 is 15.0 Å². The number of carbonyl (C=O) groups excluding carboxylic acids is 1. The molecule has 0 fully saturated rings. The highest BCUT2D eigenvalue weighted by Gasteiger charge is 2.30. The fourth-order valence-electron chi connectivity index (χ4n) is 2.43. The summed E-state index contributed by atoms with van der Waals surface area (Å²) in [5.41, 5.74) is 2.75. The Bertz CT molecular complexity index is 328. The van der Waals surface area contributed by atoms with E-state index in [-0.39, 0.29) is 24.5 Å². The van der Waals surface area contributed by atoms with E-state index < -0.39 is 0 Å². The van der Waals surface area contributed by atoms with Gasteiger partial charge in [-0.1, -0.05) is 25.0 Å². The van der Waals surface area contributed by atoms with Gasteiger partial charge >= 0.3 is 0 Å². The Balaban J connectivity index is 2.66. The van der Waals surface area contributed by atoms with Crippen LogP contribution in [0.2, 0.25) is 0 Å². The maximum atomic E-state index is 12.1. The minimum atomic E-state index is -0.0603. The van der Waals surface area contributed by atoms with Crippen LogP contribution in [0.4, 0.5) is 0 Å². The van der Waals surface area contributed by atoms with Crippen molar-refractivity contribution in [2.45, 2.75) is 40.0 Å². The fourth-order valence-corrected chi connectivity index (χ4v) is 2.43. The summed E-state index contributed by atoms with van der Waals surface area (Å²) in [6, 6.07) is 0. The second-order valence-electron chi connectivity index (χ2n) is 5.62. The molecule has 18 heavy (non-hydrogen) atoms. The standard InChI is InChI=1S/C14H25NO3/c1-11-12(4-5-14(11,2)3)10-13(18)15(6-8-16)7-9-17/h16-17H,4-10H2,1-3H3. The molecule has 0 spiro atoms. The summed E-state index contributed by atoms with van der Waals surface area (Å²) in [5.74, 6) is 0.00477. The summed E-state index contributed by atoms with van der Waals surface area (Å²) < 4.78 is 0. The van der Waals surface area contributed by atoms with E-state index in [1.165, 1.54) is 16.0 Å². The highest BCUT2D eigenvalue weighted by Crippen LogP contribution is 2.43. The molecule has 1 amide bonds. The molecule has 0 aliphatic heterocycles. The van der Waals surface area contributed by atoms with Crippen molar-refractivity contribution in [1.82, 2.24) is 4.90 Å². The normalized spacial score (nSPS) is 18.3. The van der Waals surface area contributed by atoms with E-state index in [4.69, 9.17) is 10.2 Å². The van der Waals surface area contributed by atoms with Crippen molar-refractivity contribution in [1.29, 1.82) is 0 Å². The van der Waals surface area contributed by atoms with Crippen LogP contribution in [0.1, 0.15) is 40.0 Å². The van der Waals surface area contributed by atoms with Gasteiger partial charge < -0.3 is 15.1 Å². The second-order valence-corrected chi connectivity index (χ2v) is 5.62. The summed E-state index contributed by atoms with van der Waals surface area (Å²) in [4.78, 5) is 13.6. The Morgan fingerprint density at radius 2 is 1.83 bits per heavy atom. The smallest absolute Gasteiger partial charge is 0.226 e. The lowest BCUT2D eigenvalue weighted by Gasteiger charge is -2.22. The van der Waals surface area contributed by atoms with Gasteiger partial charge in [-0.15, -0.1) is 0 Å². The molecular weight excluding hydrogens is 230 g/mol. The van der Waals surface area contributed by atoms with Crippen LogP contribution in [0.5, 0.6) is 0 Å². The summed E-state index contributed by atoms with van der Waals surface area (Å²) in [6.45, 7) is 7.00. The van der Waals surface area contributed by atoms with E-state index in [2.05, 4.69) is 20.8 Å². The molecule has 0 saturated carbocycles. The maximum absolute atomic E-state index is 12.1. The number of aliphatic hydroxyl groups excluding tert-OH is 2. The monoisotopic (exact) mass is 255 g/mol. The zero-order chi connectivity index (χ0) is 13.8. The molecule has 4 heteroatoms. The van der Waals surface area contributed by atoms with E-state index in [9.17, 15) is 4.79 Å². The Morgan fingerprint density at radius 3 is 2.22 bits per heavy atom. The molecule has 0 aromatic carbocycles. The lowest BCUT2D eigenvalue weighted by molar-refractivity contribution is -0.131. The van der Waals surface area contributed by atoms with Crippen LogP contribution >= 0.6 is 0 Å². The van der Waals surface area contributed by atoms with Crippen LogP contribution in [0.15, 0.2) is 11.1 Å². The van der Waals surface area contributed by atoms with E-state index in [1.54, 1.807) is 0 Å². The minimum absolute atomic E-state index is 0.00477. The SMILES string of the molecule is CC1=C(CC(=O)N(CCO)CCO)CCC1(C)C. The third-order valence-corrected chi connectivity index (χ3v) is 4.05. The van der Waals surface area contributed by atoms with Gasteiger partial charge in [0.2, 0.25) is 5.91 Å². The van der Waals surface area contributed by atoms with Crippen molar-refractivity contribution in [3.05, 3.63) is 11.1 Å². The zero-order valence-corrected chi connectivity index (χ0v) is 11.7. The summed E-state index contributed by atoms with van der Waals surface area (Å²) in [5, 5.41) is 17.8. The third kappa shape index (κ3) is 3.56. The van der Waals surface area contributed by atoms with Crippen LogP contribution in [0, 0.1) is 5.41 Å². The van der Waals surface area contributed by atoms with Gasteiger partial charge in [0.25, 0.3) is 0 Å². The van der Waals surface area contributed by atoms with Crippen LogP contribution < -0.4 is 0 Å². The van der Waals surface area contributed by atoms with Gasteiger partial charge in [-0.25, -0.2) is 0 Å². The first kappa shape index (κ1) is 15.2. The van der Waals surface area contributed by atoms with Crippen molar-refractivity contribution >= 4 is 5.91 Å². The molecule has 0 atom stereocenters. The van der Waals surface area contributed by atoms with Gasteiger partial charge in [-0.2, -0.15) is 0 Å². The van der Waals surface area contributed by atoms with Gasteiger partial charge in [0, 0.05) is 19.5 Å². The van der Waals surface area contributed by atoms with E-state index >= 15 is 0 Å². The van der Waals surface area contributed by atoms with Gasteiger partial charge in [0.1, 0.15) is 0 Å². The Kier molecular flexibility index (Phi) is 5.35. The van der Waals surface area contributed by atoms with Crippen LogP contribution in [-0.4, -0.2) is 47.3 Å². The van der Waals surface area contributed by atoms with Crippen molar-refractivity contribution in [3.8, 4) is 0 Å². The first-order valence-corrected chi connectivity index (χ1v) is 6.61. The molecular formula is C14H25NO3. The van der Waals surface area contributed by atoms with Gasteiger partial charge in [-0.05, 0) is 25.2 Å². The molecule has 1 aliphatic rings. The van der Waals surface area contributed by atoms with Crippen LogP contribution in [0.25, 0.3) is 0 Å². The number of carbonyl (C=O) groups is 1. The second kappa shape index (κ2) is 6.34. The lowest BCUT2D eigenvalue weighted by Crippen LogP contribution is -2.35. The average Bonchev–Trinajstić information content (AvgIpc) is 2.56. The highest BCUT2D eigenvalue weighted by atomic mass is 16.3. The first-order chi connectivity index (χ1) is 8.42. The quantitative estimate of drug-likeness (QED) is 0.704. The molecule has 4 nitrogen and oxygen atoms in total. The van der Waals surface area contributed by atoms with Crippen molar-refractivity contribution in [3.63, 3.8) is 0 Å². The Morgan fingerprint density at radius 1 is 1.28 bits per heavy atom. The maximum Gasteiger partial charge on any atom is 0.226 e. The summed E-state index contributed by atoms with van der Waals surface area (Å²) in [7, 11) is 0. The number of nitrogens with zero attached hydrogens (tertiary/aromatic N) is 1. The number of allylic oxidation sites excluding steroid dienone is 1. The molecule has 1 rings (SSSR count). The van der Waals surface area contributed by atoms with E-state index in [1.807, 2.05) is 0 Å². The average molecular weight is 255 g/mol. The lowest BCUT2D eigenvalue weighted by atomic mass is 9.86. The molecule has 0 radical (unpaired) electrons. The molecule has 1 aliphatic carbocycles. The molecule has 0 heterocycles. The van der Waals surface area contributed by atoms with Crippen molar-refractivity contribution in [2.24, 2.45) is 5.41 Å². The Hall–Kier alpha value is -0.870. The molecule has 0 bridgehead atoms. The van der Waals surface area contributed by atoms with Crippen LogP contribution in [-0.2, 0) is 4.79 Å². The summed E-state index contributed by atoms with van der Waals surface area (Å²) >= 11 is 0. The van der Waals surface area contributed by atoms with Crippen molar-refractivity contribution in [2.75, 3.05) is 26.3 Å². The number of amides is 1. The molecule has 0 saturated heterocycles. The number of rotatable bonds is 6. The zero-order valence-electron chi connectivity index (χ0n) is 11.7. The molecule has 0 aromatic rings. The molecule has 2 N–H and O–H groups in total. The fraction of sp³-hybridized carbons (Fsp3) is 0.786. The number of hydrogen-bond donors (Lipinski definition) is 2. The van der Waals surface area contributed by atoms with Gasteiger partial charge in [-0.3, -0.25) is 4.79 Å². The highest BCUT2D eigenvalue weighted by molar-refractivity contribution is 5.79. The van der Waals surface area contributed by atoms with E-state index in [0.29, 0.717) is 19.5 Å². The molecule has 104 valence electrons. The van der Waals surface area contributed by atoms with E-state index in [0.717, 1.165) is 12.8 Å².